The van der Waals surface area contributed by atoms with E-state index in [4.69, 9.17) is 19.6 Å². The molecule has 0 saturated carbocycles. The zero-order chi connectivity index (χ0) is 14.8. The lowest BCUT2D eigenvalue weighted by molar-refractivity contribution is 0.0922. The summed E-state index contributed by atoms with van der Waals surface area (Å²) in [4.78, 5) is 25.5. The number of benzene rings is 1. The summed E-state index contributed by atoms with van der Waals surface area (Å²) >= 11 is 5.81. The van der Waals surface area contributed by atoms with Crippen LogP contribution in [0, 0.1) is 6.92 Å². The van der Waals surface area contributed by atoms with E-state index in [0.29, 0.717) is 5.56 Å². The number of hydrogen-bond donors (Lipinski definition) is 0. The predicted molar refractivity (Wildman–Crippen MR) is 70.7 cm³/mol. The molecule has 6 nitrogen and oxygen atoms in total. The third kappa shape index (κ3) is 3.44. The van der Waals surface area contributed by atoms with Crippen LogP contribution in [0.5, 0.6) is 0 Å². The number of nitrogens with zero attached hydrogens (tertiary/aromatic N) is 2. The van der Waals surface area contributed by atoms with Crippen molar-refractivity contribution < 1.29 is 18.0 Å². The van der Waals surface area contributed by atoms with Crippen molar-refractivity contribution >= 4 is 47.3 Å². The topological polar surface area (TPSA) is 83.9 Å². The SMILES string of the molecule is [B]N(C(=O)c1cc(N=C=O)c(Cl)cc1C)S(C)(=O)=O. The molecule has 98 valence electrons. The first-order valence-electron chi connectivity index (χ1n) is 4.86. The highest BCUT2D eigenvalue weighted by molar-refractivity contribution is 7.89. The first kappa shape index (κ1) is 15.4. The summed E-state index contributed by atoms with van der Waals surface area (Å²) in [7, 11) is 1.33. The summed E-state index contributed by atoms with van der Waals surface area (Å²) < 4.78 is 22.5. The van der Waals surface area contributed by atoms with E-state index in [0.717, 1.165) is 6.26 Å². The van der Waals surface area contributed by atoms with Gasteiger partial charge in [-0.25, -0.2) is 13.2 Å². The molecule has 0 spiro atoms. The molecule has 0 aliphatic carbocycles. The van der Waals surface area contributed by atoms with E-state index in [1.54, 1.807) is 6.92 Å². The number of sulfonamides is 1. The lowest BCUT2D eigenvalue weighted by Crippen LogP contribution is -2.34. The van der Waals surface area contributed by atoms with E-state index in [2.05, 4.69) is 4.99 Å². The highest BCUT2D eigenvalue weighted by Crippen LogP contribution is 2.28. The van der Waals surface area contributed by atoms with Gasteiger partial charge in [0.15, 0.2) is 0 Å². The maximum absolute atomic E-state index is 11.9. The summed E-state index contributed by atoms with van der Waals surface area (Å²) in [6.45, 7) is 1.55. The largest absolute Gasteiger partial charge is 0.296 e. The van der Waals surface area contributed by atoms with Crippen LogP contribution in [0.1, 0.15) is 15.9 Å². The molecule has 0 atom stereocenters. The van der Waals surface area contributed by atoms with Gasteiger partial charge >= 0.3 is 0 Å². The Morgan fingerprint density at radius 1 is 1.47 bits per heavy atom. The zero-order valence-corrected chi connectivity index (χ0v) is 11.6. The monoisotopic (exact) mass is 298 g/mol. The molecule has 0 N–H and O–H groups in total. The summed E-state index contributed by atoms with van der Waals surface area (Å²) in [5.41, 5.74) is 0.387. The van der Waals surface area contributed by atoms with Crippen molar-refractivity contribution in [3.63, 3.8) is 0 Å². The number of carbonyl (C=O) groups excluding carboxylic acids is 2. The average Bonchev–Trinajstić information content (AvgIpc) is 2.29. The van der Waals surface area contributed by atoms with E-state index in [1.165, 1.54) is 18.2 Å². The number of amides is 1. The van der Waals surface area contributed by atoms with Gasteiger partial charge in [-0.2, -0.15) is 4.99 Å². The second-order valence-corrected chi connectivity index (χ2v) is 5.95. The third-order valence-corrected chi connectivity index (χ3v) is 3.43. The van der Waals surface area contributed by atoms with E-state index in [1.807, 2.05) is 0 Å². The van der Waals surface area contributed by atoms with Crippen molar-refractivity contribution in [2.75, 3.05) is 6.26 Å². The Kier molecular flexibility index (Phi) is 4.52. The zero-order valence-electron chi connectivity index (χ0n) is 10.0. The molecule has 0 bridgehead atoms. The van der Waals surface area contributed by atoms with Gasteiger partial charge in [-0.15, -0.1) is 0 Å². The van der Waals surface area contributed by atoms with Gasteiger partial charge in [0.25, 0.3) is 13.9 Å². The molecule has 0 unspecified atom stereocenters. The van der Waals surface area contributed by atoms with E-state index < -0.39 is 15.9 Å². The van der Waals surface area contributed by atoms with Gasteiger partial charge in [-0.3, -0.25) is 9.01 Å². The van der Waals surface area contributed by atoms with Gasteiger partial charge < -0.3 is 0 Å². The van der Waals surface area contributed by atoms with E-state index >= 15 is 0 Å². The number of aryl methyl sites for hydroxylation is 1. The van der Waals surface area contributed by atoms with Gasteiger partial charge in [-0.05, 0) is 24.6 Å². The first-order valence-corrected chi connectivity index (χ1v) is 7.08. The van der Waals surface area contributed by atoms with Crippen LogP contribution >= 0.6 is 11.6 Å². The van der Waals surface area contributed by atoms with E-state index in [9.17, 15) is 18.0 Å². The fraction of sp³-hybridized carbons (Fsp3) is 0.200. The fourth-order valence-corrected chi connectivity index (χ4v) is 1.96. The lowest BCUT2D eigenvalue weighted by Gasteiger charge is -2.17. The molecule has 0 aliphatic rings. The molecule has 19 heavy (non-hydrogen) atoms. The molecular formula is C10H8BClN2O4S. The minimum atomic E-state index is -3.88. The Morgan fingerprint density at radius 2 is 2.05 bits per heavy atom. The maximum Gasteiger partial charge on any atom is 0.256 e. The molecule has 1 aromatic rings. The van der Waals surface area contributed by atoms with Crippen molar-refractivity contribution in [2.24, 2.45) is 4.99 Å². The van der Waals surface area contributed by atoms with Crippen LogP contribution in [0.3, 0.4) is 0 Å². The van der Waals surface area contributed by atoms with Gasteiger partial charge in [-0.1, -0.05) is 11.6 Å². The Morgan fingerprint density at radius 3 is 2.53 bits per heavy atom. The number of rotatable bonds is 3. The highest BCUT2D eigenvalue weighted by Gasteiger charge is 2.22. The molecule has 0 aromatic heterocycles. The third-order valence-electron chi connectivity index (χ3n) is 2.25. The van der Waals surface area contributed by atoms with E-state index in [-0.39, 0.29) is 20.5 Å². The molecule has 0 saturated heterocycles. The molecule has 0 aliphatic heterocycles. The van der Waals surface area contributed by atoms with Gasteiger partial charge in [0.05, 0.1) is 17.0 Å². The van der Waals surface area contributed by atoms with Crippen molar-refractivity contribution in [3.8, 4) is 0 Å². The van der Waals surface area contributed by atoms with Crippen LogP contribution in [-0.2, 0) is 14.8 Å². The number of carbonyl (C=O) groups is 1. The fourth-order valence-electron chi connectivity index (χ4n) is 1.30. The second kappa shape index (κ2) is 5.56. The molecule has 0 fully saturated rings. The molecule has 2 radical (unpaired) electrons. The van der Waals surface area contributed by atoms with Crippen LogP contribution in [0.2, 0.25) is 5.02 Å². The summed E-state index contributed by atoms with van der Waals surface area (Å²) in [6.07, 6.45) is 2.08. The molecule has 0 heterocycles. The summed E-state index contributed by atoms with van der Waals surface area (Å²) in [6, 6.07) is 2.55. The molecule has 9 heteroatoms. The molecular weight excluding hydrogens is 290 g/mol. The second-order valence-electron chi connectivity index (χ2n) is 3.69. The minimum absolute atomic E-state index is 0.00696. The normalized spacial score (nSPS) is 10.7. The van der Waals surface area contributed by atoms with Crippen molar-refractivity contribution in [1.29, 1.82) is 0 Å². The van der Waals surface area contributed by atoms with Crippen LogP contribution in [0.15, 0.2) is 17.1 Å². The van der Waals surface area contributed by atoms with Crippen LogP contribution in [0.25, 0.3) is 0 Å². The molecule has 1 aromatic carbocycles. The minimum Gasteiger partial charge on any atom is -0.296 e. The van der Waals surface area contributed by atoms with Crippen molar-refractivity contribution in [2.45, 2.75) is 6.92 Å². The number of hydrogen-bond acceptors (Lipinski definition) is 5. The first-order chi connectivity index (χ1) is 8.68. The van der Waals surface area contributed by atoms with Crippen molar-refractivity contribution in [1.82, 2.24) is 4.22 Å². The van der Waals surface area contributed by atoms with Crippen LogP contribution in [0.4, 0.5) is 5.69 Å². The molecule has 1 rings (SSSR count). The smallest absolute Gasteiger partial charge is 0.256 e. The number of isocyanates is 1. The van der Waals surface area contributed by atoms with Crippen LogP contribution in [-0.4, -0.2) is 38.9 Å². The Balaban J connectivity index is 3.39. The van der Waals surface area contributed by atoms with Gasteiger partial charge in [0, 0.05) is 5.56 Å². The predicted octanol–water partition coefficient (Wildman–Crippen LogP) is 1.10. The average molecular weight is 299 g/mol. The highest BCUT2D eigenvalue weighted by atomic mass is 35.5. The van der Waals surface area contributed by atoms with Gasteiger partial charge in [0.2, 0.25) is 16.1 Å². The van der Waals surface area contributed by atoms with Crippen LogP contribution < -0.4 is 0 Å². The number of aliphatic imine (C=N–C) groups is 1. The van der Waals surface area contributed by atoms with Gasteiger partial charge in [0.1, 0.15) is 0 Å². The standard InChI is InChI=1S/C10H8BClN2O4S/c1-6-3-8(12)9(13-5-15)4-7(6)10(16)14(11)19(2,17)18/h3-4H,1-2H3. The number of halogens is 1. The molecule has 1 amide bonds. The Labute approximate surface area is 116 Å². The van der Waals surface area contributed by atoms with Crippen molar-refractivity contribution in [3.05, 3.63) is 28.3 Å². The Hall–Kier alpha value is -1.63. The maximum atomic E-state index is 11.9. The lowest BCUT2D eigenvalue weighted by atomic mass is 10.1. The summed E-state index contributed by atoms with van der Waals surface area (Å²) in [5.74, 6) is -0.945. The Bertz CT molecular complexity index is 683. The quantitative estimate of drug-likeness (QED) is 0.475. The summed E-state index contributed by atoms with van der Waals surface area (Å²) in [5, 5.41) is 0.139.